The lowest BCUT2D eigenvalue weighted by Crippen LogP contribution is -2.33. The minimum Gasteiger partial charge on any atom is -0.465 e. The smallest absolute Gasteiger partial charge is 0.296 e. The van der Waals surface area contributed by atoms with Gasteiger partial charge in [-0.15, -0.1) is 0 Å². The predicted molar refractivity (Wildman–Crippen MR) is 119 cm³/mol. The first-order chi connectivity index (χ1) is 14.0. The summed E-state index contributed by atoms with van der Waals surface area (Å²) in [4.78, 5) is 28.0. The number of hydrogen-bond acceptors (Lipinski definition) is 5. The van der Waals surface area contributed by atoms with Gasteiger partial charge in [-0.1, -0.05) is 48.3 Å². The highest BCUT2D eigenvalue weighted by atomic mass is 32.2. The maximum atomic E-state index is 13.2. The standard InChI is InChI=1S/C21H17N3O3S2/c1-14-18(20(26)24(22(14)2)15-8-4-3-5-9-15)23-19(25)17(29-21(23)28)12-6-10-16-11-7-13-27-16/h3-13H,1-2H3/b10-6+,17-12-. The summed E-state index contributed by atoms with van der Waals surface area (Å²) in [7, 11) is 1.78. The van der Waals surface area contributed by atoms with Gasteiger partial charge in [0.25, 0.3) is 11.5 Å². The number of benzene rings is 1. The summed E-state index contributed by atoms with van der Waals surface area (Å²) < 4.78 is 8.83. The van der Waals surface area contributed by atoms with Crippen LogP contribution in [0, 0.1) is 6.92 Å². The molecule has 6 nitrogen and oxygen atoms in total. The van der Waals surface area contributed by atoms with Gasteiger partial charge >= 0.3 is 0 Å². The largest absolute Gasteiger partial charge is 0.465 e. The van der Waals surface area contributed by atoms with E-state index in [1.165, 1.54) is 21.3 Å². The number of nitrogens with zero attached hydrogens (tertiary/aromatic N) is 3. The number of anilines is 1. The lowest BCUT2D eigenvalue weighted by atomic mass is 10.3. The molecule has 4 rings (SSSR count). The Morgan fingerprint density at radius 3 is 2.55 bits per heavy atom. The van der Waals surface area contributed by atoms with Gasteiger partial charge in [0.05, 0.1) is 22.5 Å². The number of carbonyl (C=O) groups is 1. The van der Waals surface area contributed by atoms with Crippen molar-refractivity contribution in [2.24, 2.45) is 7.05 Å². The number of thioether (sulfide) groups is 1. The van der Waals surface area contributed by atoms with Gasteiger partial charge in [-0.2, -0.15) is 0 Å². The maximum absolute atomic E-state index is 13.2. The first-order valence-corrected chi connectivity index (χ1v) is 10.0. The Balaban J connectivity index is 1.71. The van der Waals surface area contributed by atoms with Crippen molar-refractivity contribution < 1.29 is 9.21 Å². The van der Waals surface area contributed by atoms with E-state index < -0.39 is 0 Å². The average molecular weight is 424 g/mol. The fraction of sp³-hybridized carbons (Fsp3) is 0.0952. The molecule has 0 atom stereocenters. The van der Waals surface area contributed by atoms with Gasteiger partial charge in [-0.3, -0.25) is 19.2 Å². The molecule has 1 amide bonds. The molecule has 0 unspecified atom stereocenters. The molecule has 3 heterocycles. The summed E-state index contributed by atoms with van der Waals surface area (Å²) in [5.74, 6) is 0.372. The summed E-state index contributed by atoms with van der Waals surface area (Å²) in [6.45, 7) is 1.80. The molecule has 1 aliphatic rings. The van der Waals surface area contributed by atoms with Crippen LogP contribution in [0.4, 0.5) is 5.69 Å². The number of carbonyl (C=O) groups excluding carboxylic acids is 1. The molecule has 0 saturated carbocycles. The number of aromatic nitrogens is 2. The third-order valence-corrected chi connectivity index (χ3v) is 5.91. The number of rotatable bonds is 4. The van der Waals surface area contributed by atoms with Crippen molar-refractivity contribution in [3.05, 3.63) is 87.6 Å². The molecule has 0 bridgehead atoms. The molecular weight excluding hydrogens is 406 g/mol. The Hall–Kier alpha value is -3.10. The summed E-state index contributed by atoms with van der Waals surface area (Å²) >= 11 is 6.59. The van der Waals surface area contributed by atoms with Crippen LogP contribution in [0.25, 0.3) is 11.8 Å². The molecule has 0 aliphatic carbocycles. The number of allylic oxidation sites excluding steroid dienone is 2. The van der Waals surface area contributed by atoms with E-state index in [4.69, 9.17) is 16.6 Å². The number of para-hydroxylation sites is 1. The first-order valence-electron chi connectivity index (χ1n) is 8.81. The van der Waals surface area contributed by atoms with E-state index in [1.807, 2.05) is 36.4 Å². The van der Waals surface area contributed by atoms with Crippen molar-refractivity contribution in [3.63, 3.8) is 0 Å². The normalized spacial score (nSPS) is 15.9. The Labute approximate surface area is 176 Å². The molecule has 1 aromatic carbocycles. The number of thiocarbonyl (C=S) groups is 1. The van der Waals surface area contributed by atoms with Gasteiger partial charge in [0, 0.05) is 7.05 Å². The van der Waals surface area contributed by atoms with Gasteiger partial charge in [-0.25, -0.2) is 4.68 Å². The van der Waals surface area contributed by atoms with E-state index in [9.17, 15) is 9.59 Å². The van der Waals surface area contributed by atoms with Crippen molar-refractivity contribution in [1.29, 1.82) is 0 Å². The Morgan fingerprint density at radius 1 is 1.10 bits per heavy atom. The second-order valence-electron chi connectivity index (χ2n) is 6.32. The van der Waals surface area contributed by atoms with Gasteiger partial charge in [0.1, 0.15) is 11.4 Å². The summed E-state index contributed by atoms with van der Waals surface area (Å²) in [5, 5.41) is 0. The van der Waals surface area contributed by atoms with Crippen LogP contribution < -0.4 is 10.5 Å². The van der Waals surface area contributed by atoms with Crippen molar-refractivity contribution in [2.75, 3.05) is 4.90 Å². The number of furan rings is 1. The molecule has 0 N–H and O–H groups in total. The highest BCUT2D eigenvalue weighted by molar-refractivity contribution is 8.27. The summed E-state index contributed by atoms with van der Waals surface area (Å²) in [5.41, 5.74) is 1.36. The number of hydrogen-bond donors (Lipinski definition) is 0. The highest BCUT2D eigenvalue weighted by Gasteiger charge is 2.37. The molecule has 1 aliphatic heterocycles. The van der Waals surface area contributed by atoms with E-state index in [-0.39, 0.29) is 17.2 Å². The van der Waals surface area contributed by atoms with Gasteiger partial charge < -0.3 is 4.42 Å². The average Bonchev–Trinajstić information content (AvgIpc) is 3.37. The minimum absolute atomic E-state index is 0.275. The second kappa shape index (κ2) is 7.73. The fourth-order valence-corrected chi connectivity index (χ4v) is 4.33. The van der Waals surface area contributed by atoms with E-state index in [0.717, 1.165) is 5.69 Å². The zero-order valence-corrected chi connectivity index (χ0v) is 17.4. The van der Waals surface area contributed by atoms with Crippen LogP contribution in [0.2, 0.25) is 0 Å². The topological polar surface area (TPSA) is 60.4 Å². The van der Waals surface area contributed by atoms with E-state index in [1.54, 1.807) is 49.2 Å². The molecule has 2 aromatic heterocycles. The molecule has 0 spiro atoms. The van der Waals surface area contributed by atoms with Crippen LogP contribution in [0.15, 0.2) is 75.0 Å². The molecule has 8 heteroatoms. The van der Waals surface area contributed by atoms with Crippen LogP contribution in [0.3, 0.4) is 0 Å². The van der Waals surface area contributed by atoms with Crippen molar-refractivity contribution >= 4 is 46.0 Å². The zero-order valence-electron chi connectivity index (χ0n) is 15.7. The third-order valence-electron chi connectivity index (χ3n) is 4.59. The molecule has 0 radical (unpaired) electrons. The van der Waals surface area contributed by atoms with Crippen molar-refractivity contribution in [3.8, 4) is 5.69 Å². The number of amides is 1. The highest BCUT2D eigenvalue weighted by Crippen LogP contribution is 2.35. The van der Waals surface area contributed by atoms with Crippen LogP contribution >= 0.6 is 24.0 Å². The molecule has 146 valence electrons. The lowest BCUT2D eigenvalue weighted by molar-refractivity contribution is -0.113. The van der Waals surface area contributed by atoms with Crippen LogP contribution in [0.1, 0.15) is 11.5 Å². The maximum Gasteiger partial charge on any atom is 0.296 e. The molecule has 1 saturated heterocycles. The third kappa shape index (κ3) is 3.41. The lowest BCUT2D eigenvalue weighted by Gasteiger charge is -2.12. The van der Waals surface area contributed by atoms with Gasteiger partial charge in [0.15, 0.2) is 4.32 Å². The first kappa shape index (κ1) is 19.2. The van der Waals surface area contributed by atoms with Crippen LogP contribution in [-0.4, -0.2) is 19.6 Å². The zero-order chi connectivity index (χ0) is 20.5. The molecule has 3 aromatic rings. The monoisotopic (exact) mass is 423 g/mol. The minimum atomic E-state index is -0.310. The molecular formula is C21H17N3O3S2. The van der Waals surface area contributed by atoms with E-state index in [2.05, 4.69) is 0 Å². The second-order valence-corrected chi connectivity index (χ2v) is 8.00. The summed E-state index contributed by atoms with van der Waals surface area (Å²) in [6.07, 6.45) is 6.74. The van der Waals surface area contributed by atoms with Crippen LogP contribution in [-0.2, 0) is 11.8 Å². The van der Waals surface area contributed by atoms with Gasteiger partial charge in [0.2, 0.25) is 0 Å². The van der Waals surface area contributed by atoms with E-state index >= 15 is 0 Å². The van der Waals surface area contributed by atoms with E-state index in [0.29, 0.717) is 20.7 Å². The molecule has 29 heavy (non-hydrogen) atoms. The summed E-state index contributed by atoms with van der Waals surface area (Å²) in [6, 6.07) is 12.9. The quantitative estimate of drug-likeness (QED) is 0.468. The predicted octanol–water partition coefficient (Wildman–Crippen LogP) is 4.04. The van der Waals surface area contributed by atoms with Gasteiger partial charge in [-0.05, 0) is 43.3 Å². The Bertz CT molecular complexity index is 1200. The fourth-order valence-electron chi connectivity index (χ4n) is 3.10. The van der Waals surface area contributed by atoms with Crippen molar-refractivity contribution in [2.45, 2.75) is 6.92 Å². The van der Waals surface area contributed by atoms with Crippen molar-refractivity contribution in [1.82, 2.24) is 9.36 Å². The SMILES string of the molecule is Cc1c(N2C(=O)/C(=C/C=C/c3ccco3)SC2=S)c(=O)n(-c2ccccc2)n1C. The molecule has 1 fully saturated rings. The van der Waals surface area contributed by atoms with Crippen LogP contribution in [0.5, 0.6) is 0 Å². The Kier molecular flexibility index (Phi) is 5.12. The Morgan fingerprint density at radius 2 is 1.86 bits per heavy atom.